The number of aromatic nitrogens is 1. The van der Waals surface area contributed by atoms with Crippen LogP contribution in [-0.4, -0.2) is 22.6 Å². The first kappa shape index (κ1) is 18.6. The molecule has 27 heavy (non-hydrogen) atoms. The predicted molar refractivity (Wildman–Crippen MR) is 102 cm³/mol. The summed E-state index contributed by atoms with van der Waals surface area (Å²) < 4.78 is 5.92. The number of fused-ring (bicyclic) bond motifs is 1. The highest BCUT2D eigenvalue weighted by Gasteiger charge is 2.36. The number of urea groups is 1. The molecule has 2 aromatic heterocycles. The molecule has 0 radical (unpaired) electrons. The lowest BCUT2D eigenvalue weighted by Gasteiger charge is -2.29. The molecule has 2 aromatic rings. The van der Waals surface area contributed by atoms with Crippen LogP contribution in [0, 0.1) is 19.3 Å². The number of rotatable bonds is 3. The number of carbonyl (C=O) groups is 2. The van der Waals surface area contributed by atoms with E-state index in [1.54, 1.807) is 19.2 Å². The Balaban J connectivity index is 1.98. The van der Waals surface area contributed by atoms with E-state index in [0.717, 1.165) is 11.1 Å². The molecule has 1 aliphatic carbocycles. The number of carbonyl (C=O) groups excluding carboxylic acids is 2. The van der Waals surface area contributed by atoms with Gasteiger partial charge in [-0.25, -0.2) is 15.2 Å². The third-order valence-corrected chi connectivity index (χ3v) is 4.54. The summed E-state index contributed by atoms with van der Waals surface area (Å²) in [5.41, 5.74) is 10.2. The molecular weight excluding hydrogens is 346 g/mol. The molecule has 3 amide bonds. The van der Waals surface area contributed by atoms with Crippen molar-refractivity contribution in [3.05, 3.63) is 46.5 Å². The van der Waals surface area contributed by atoms with Gasteiger partial charge in [-0.05, 0) is 37.3 Å². The molecule has 1 aliphatic rings. The van der Waals surface area contributed by atoms with Crippen LogP contribution in [0.15, 0.2) is 27.8 Å². The van der Waals surface area contributed by atoms with Gasteiger partial charge in [-0.15, -0.1) is 0 Å². The number of nitrogens with zero attached hydrogens (tertiary/aromatic N) is 2. The zero-order valence-electron chi connectivity index (χ0n) is 15.8. The highest BCUT2D eigenvalue weighted by molar-refractivity contribution is 6.09. The van der Waals surface area contributed by atoms with Gasteiger partial charge >= 0.3 is 6.03 Å². The normalized spacial score (nSPS) is 16.7. The molecule has 142 valence electrons. The lowest BCUT2D eigenvalue weighted by molar-refractivity contribution is 0.0992. The van der Waals surface area contributed by atoms with Crippen LogP contribution in [0.1, 0.15) is 53.3 Å². The molecule has 0 saturated heterocycles. The van der Waals surface area contributed by atoms with E-state index in [4.69, 9.17) is 10.2 Å². The van der Waals surface area contributed by atoms with Gasteiger partial charge in [0.25, 0.3) is 5.91 Å². The van der Waals surface area contributed by atoms with Crippen molar-refractivity contribution < 1.29 is 14.0 Å². The summed E-state index contributed by atoms with van der Waals surface area (Å²) in [5.74, 6) is 1.01. The molecule has 0 atom stereocenters. The summed E-state index contributed by atoms with van der Waals surface area (Å²) in [5, 5.41) is 6.93. The van der Waals surface area contributed by atoms with Crippen LogP contribution in [0.4, 0.5) is 10.6 Å². The molecule has 8 nitrogen and oxygen atoms in total. The first-order valence-electron chi connectivity index (χ1n) is 8.65. The Labute approximate surface area is 157 Å². The maximum absolute atomic E-state index is 12.8. The van der Waals surface area contributed by atoms with Gasteiger partial charge in [-0.2, -0.15) is 5.10 Å². The number of hydrogen-bond donors (Lipinski definition) is 3. The van der Waals surface area contributed by atoms with Crippen molar-refractivity contribution in [3.8, 4) is 0 Å². The standard InChI is InChI=1S/C19H23N5O3/c1-10-6-5-7-21-16(10)22-17(25)15-11(2)14-12(23-24-18(20)26)8-19(3,4)9-13(14)27-15/h5-7H,8-9H2,1-4H3,(H3,20,24,26)(H,21,22,25)/b23-12-. The number of aryl methyl sites for hydroxylation is 1. The van der Waals surface area contributed by atoms with Crippen LogP contribution in [0.25, 0.3) is 0 Å². The highest BCUT2D eigenvalue weighted by Crippen LogP contribution is 2.39. The van der Waals surface area contributed by atoms with Gasteiger partial charge in [0, 0.05) is 23.7 Å². The van der Waals surface area contributed by atoms with Crippen molar-refractivity contribution in [1.29, 1.82) is 0 Å². The number of nitrogens with one attached hydrogen (secondary N) is 2. The predicted octanol–water partition coefficient (Wildman–Crippen LogP) is 2.89. The Morgan fingerprint density at radius 1 is 1.30 bits per heavy atom. The minimum Gasteiger partial charge on any atom is -0.455 e. The Bertz CT molecular complexity index is 943. The first-order valence-corrected chi connectivity index (χ1v) is 8.65. The zero-order valence-corrected chi connectivity index (χ0v) is 15.8. The second kappa shape index (κ2) is 6.86. The van der Waals surface area contributed by atoms with E-state index in [-0.39, 0.29) is 17.1 Å². The van der Waals surface area contributed by atoms with Gasteiger partial charge in [0.15, 0.2) is 5.76 Å². The highest BCUT2D eigenvalue weighted by atomic mass is 16.4. The number of primary amides is 1. The van der Waals surface area contributed by atoms with Crippen molar-refractivity contribution >= 4 is 23.5 Å². The Morgan fingerprint density at radius 3 is 2.70 bits per heavy atom. The summed E-state index contributed by atoms with van der Waals surface area (Å²) in [4.78, 5) is 28.0. The van der Waals surface area contributed by atoms with E-state index >= 15 is 0 Å². The number of hydrogen-bond acceptors (Lipinski definition) is 5. The number of pyridine rings is 1. The van der Waals surface area contributed by atoms with E-state index in [1.807, 2.05) is 13.0 Å². The van der Waals surface area contributed by atoms with Crippen LogP contribution >= 0.6 is 0 Å². The molecule has 0 bridgehead atoms. The van der Waals surface area contributed by atoms with Crippen molar-refractivity contribution in [2.24, 2.45) is 16.3 Å². The number of hydrazone groups is 1. The maximum atomic E-state index is 12.8. The van der Waals surface area contributed by atoms with Gasteiger partial charge in [0.1, 0.15) is 11.6 Å². The minimum atomic E-state index is -0.739. The number of nitrogens with two attached hydrogens (primary N) is 1. The van der Waals surface area contributed by atoms with Crippen LogP contribution < -0.4 is 16.5 Å². The summed E-state index contributed by atoms with van der Waals surface area (Å²) in [7, 11) is 0. The maximum Gasteiger partial charge on any atom is 0.332 e. The Kier molecular flexibility index (Phi) is 4.73. The Hall–Kier alpha value is -3.16. The molecule has 8 heteroatoms. The van der Waals surface area contributed by atoms with Crippen molar-refractivity contribution in [3.63, 3.8) is 0 Å². The van der Waals surface area contributed by atoms with Crippen molar-refractivity contribution in [2.75, 3.05) is 5.32 Å². The molecule has 0 fully saturated rings. The molecular formula is C19H23N5O3. The zero-order chi connectivity index (χ0) is 19.8. The van der Waals surface area contributed by atoms with Gasteiger partial charge in [0.05, 0.1) is 5.71 Å². The second-order valence-electron chi connectivity index (χ2n) is 7.53. The van der Waals surface area contributed by atoms with Gasteiger partial charge < -0.3 is 15.5 Å². The quantitative estimate of drug-likeness (QED) is 0.720. The summed E-state index contributed by atoms with van der Waals surface area (Å²) >= 11 is 0. The summed E-state index contributed by atoms with van der Waals surface area (Å²) in [6.45, 7) is 7.82. The third kappa shape index (κ3) is 3.84. The van der Waals surface area contributed by atoms with Gasteiger partial charge in [-0.1, -0.05) is 19.9 Å². The van der Waals surface area contributed by atoms with E-state index < -0.39 is 6.03 Å². The molecule has 2 heterocycles. The van der Waals surface area contributed by atoms with Crippen LogP contribution in [0.3, 0.4) is 0 Å². The van der Waals surface area contributed by atoms with Crippen molar-refractivity contribution in [2.45, 2.75) is 40.5 Å². The third-order valence-electron chi connectivity index (χ3n) is 4.54. The van der Waals surface area contributed by atoms with Gasteiger partial charge in [-0.3, -0.25) is 4.79 Å². The fraction of sp³-hybridized carbons (Fsp3) is 0.368. The fourth-order valence-electron chi connectivity index (χ4n) is 3.33. The van der Waals surface area contributed by atoms with E-state index in [9.17, 15) is 9.59 Å². The van der Waals surface area contributed by atoms with Gasteiger partial charge in [0.2, 0.25) is 0 Å². The smallest absolute Gasteiger partial charge is 0.332 e. The molecule has 0 saturated carbocycles. The summed E-state index contributed by atoms with van der Waals surface area (Å²) in [6, 6.07) is 2.93. The molecule has 0 spiro atoms. The monoisotopic (exact) mass is 369 g/mol. The van der Waals surface area contributed by atoms with Crippen LogP contribution in [-0.2, 0) is 6.42 Å². The SMILES string of the molecule is Cc1cccnc1NC(=O)c1oc2c(c1C)/C(=N\NC(N)=O)CC(C)(C)C2. The van der Waals surface area contributed by atoms with E-state index in [0.29, 0.717) is 35.7 Å². The number of furan rings is 1. The van der Waals surface area contributed by atoms with E-state index in [2.05, 4.69) is 34.7 Å². The van der Waals surface area contributed by atoms with Crippen molar-refractivity contribution in [1.82, 2.24) is 10.4 Å². The average Bonchev–Trinajstić information content (AvgIpc) is 2.90. The lowest BCUT2D eigenvalue weighted by Crippen LogP contribution is -2.31. The largest absolute Gasteiger partial charge is 0.455 e. The number of anilines is 1. The molecule has 4 N–H and O–H groups in total. The molecule has 0 unspecified atom stereocenters. The first-order chi connectivity index (χ1) is 12.7. The van der Waals surface area contributed by atoms with E-state index in [1.165, 1.54) is 0 Å². The lowest BCUT2D eigenvalue weighted by atomic mass is 9.75. The summed E-state index contributed by atoms with van der Waals surface area (Å²) in [6.07, 6.45) is 2.90. The van der Waals surface area contributed by atoms with Crippen LogP contribution in [0.5, 0.6) is 0 Å². The molecule has 3 rings (SSSR count). The minimum absolute atomic E-state index is 0.124. The topological polar surface area (TPSA) is 123 Å². The molecule has 0 aromatic carbocycles. The van der Waals surface area contributed by atoms with Crippen LogP contribution in [0.2, 0.25) is 0 Å². The molecule has 0 aliphatic heterocycles. The Morgan fingerprint density at radius 2 is 2.04 bits per heavy atom. The second-order valence-corrected chi connectivity index (χ2v) is 7.53. The number of amides is 3. The average molecular weight is 369 g/mol. The fourth-order valence-corrected chi connectivity index (χ4v) is 3.33.